The molecule has 1 N–H and O–H groups in total. The number of morpholine rings is 1. The van der Waals surface area contributed by atoms with Crippen LogP contribution >= 0.6 is 0 Å². The van der Waals surface area contributed by atoms with E-state index in [0.29, 0.717) is 62.7 Å². The van der Waals surface area contributed by atoms with E-state index in [2.05, 4.69) is 14.7 Å². The van der Waals surface area contributed by atoms with E-state index in [1.54, 1.807) is 6.07 Å². The molecule has 0 saturated carbocycles. The summed E-state index contributed by atoms with van der Waals surface area (Å²) in [6.45, 7) is 3.71. The molecule has 3 heterocycles. The SMILES string of the molecule is O=S(=O)(Nc1cnc(N2CCOCC2)nc1)c1ccc2c(c1)OCCCO2. The molecule has 9 nitrogen and oxygen atoms in total. The van der Waals surface area contributed by atoms with Gasteiger partial charge in [0.25, 0.3) is 10.0 Å². The van der Waals surface area contributed by atoms with E-state index in [4.69, 9.17) is 14.2 Å². The number of ether oxygens (including phenoxy) is 3. The van der Waals surface area contributed by atoms with Gasteiger partial charge in [-0.1, -0.05) is 0 Å². The lowest BCUT2D eigenvalue weighted by molar-refractivity contribution is 0.122. The van der Waals surface area contributed by atoms with Crippen molar-refractivity contribution in [1.82, 2.24) is 9.97 Å². The molecular weight excluding hydrogens is 372 g/mol. The van der Waals surface area contributed by atoms with Crippen molar-refractivity contribution in [2.75, 3.05) is 49.1 Å². The van der Waals surface area contributed by atoms with Crippen LogP contribution in [0.2, 0.25) is 0 Å². The van der Waals surface area contributed by atoms with Crippen molar-refractivity contribution >= 4 is 21.7 Å². The van der Waals surface area contributed by atoms with Gasteiger partial charge in [-0.05, 0) is 12.1 Å². The Labute approximate surface area is 157 Å². The fourth-order valence-corrected chi connectivity index (χ4v) is 3.87. The average Bonchev–Trinajstić information content (AvgIpc) is 2.94. The topological polar surface area (TPSA) is 103 Å². The molecule has 2 aliphatic rings. The van der Waals surface area contributed by atoms with E-state index < -0.39 is 10.0 Å². The van der Waals surface area contributed by atoms with Crippen LogP contribution in [0, 0.1) is 0 Å². The fourth-order valence-electron chi connectivity index (χ4n) is 2.83. The molecule has 0 spiro atoms. The summed E-state index contributed by atoms with van der Waals surface area (Å²) in [5.41, 5.74) is 0.291. The number of anilines is 2. The van der Waals surface area contributed by atoms with E-state index in [0.717, 1.165) is 6.42 Å². The lowest BCUT2D eigenvalue weighted by Crippen LogP contribution is -2.37. The molecule has 1 saturated heterocycles. The zero-order valence-corrected chi connectivity index (χ0v) is 15.4. The first-order valence-corrected chi connectivity index (χ1v) is 10.2. The van der Waals surface area contributed by atoms with E-state index in [1.807, 2.05) is 4.90 Å². The molecule has 1 aromatic carbocycles. The van der Waals surface area contributed by atoms with Gasteiger partial charge in [-0.15, -0.1) is 0 Å². The van der Waals surface area contributed by atoms with Crippen molar-refractivity contribution in [2.24, 2.45) is 0 Å². The molecular formula is C17H20N4O5S. The molecule has 0 atom stereocenters. The van der Waals surface area contributed by atoms with Crippen LogP contribution in [-0.2, 0) is 14.8 Å². The number of nitrogens with one attached hydrogen (secondary N) is 1. The van der Waals surface area contributed by atoms with Gasteiger partial charge < -0.3 is 19.1 Å². The highest BCUT2D eigenvalue weighted by Crippen LogP contribution is 2.32. The molecule has 0 amide bonds. The van der Waals surface area contributed by atoms with Crippen LogP contribution in [0.4, 0.5) is 11.6 Å². The second-order valence-electron chi connectivity index (χ2n) is 6.14. The van der Waals surface area contributed by atoms with Gasteiger partial charge in [-0.25, -0.2) is 18.4 Å². The summed E-state index contributed by atoms with van der Waals surface area (Å²) < 4.78 is 44.2. The van der Waals surface area contributed by atoms with Gasteiger partial charge in [0.15, 0.2) is 11.5 Å². The molecule has 0 radical (unpaired) electrons. The predicted molar refractivity (Wildman–Crippen MR) is 97.9 cm³/mol. The number of fused-ring (bicyclic) bond motifs is 1. The Hall–Kier alpha value is -2.59. The Bertz CT molecular complexity index is 898. The van der Waals surface area contributed by atoms with Gasteiger partial charge in [0.2, 0.25) is 5.95 Å². The van der Waals surface area contributed by atoms with Gasteiger partial charge in [0.05, 0.1) is 49.4 Å². The van der Waals surface area contributed by atoms with Crippen LogP contribution in [-0.4, -0.2) is 57.9 Å². The normalized spacial score (nSPS) is 17.3. The summed E-state index contributed by atoms with van der Waals surface area (Å²) >= 11 is 0. The fraction of sp³-hybridized carbons (Fsp3) is 0.412. The zero-order chi connectivity index (χ0) is 18.7. The minimum Gasteiger partial charge on any atom is -0.490 e. The second-order valence-corrected chi connectivity index (χ2v) is 7.82. The quantitative estimate of drug-likeness (QED) is 0.830. The summed E-state index contributed by atoms with van der Waals surface area (Å²) in [7, 11) is -3.80. The van der Waals surface area contributed by atoms with Crippen LogP contribution in [0.5, 0.6) is 11.5 Å². The van der Waals surface area contributed by atoms with Crippen molar-refractivity contribution in [3.05, 3.63) is 30.6 Å². The predicted octanol–water partition coefficient (Wildman–Crippen LogP) is 1.28. The summed E-state index contributed by atoms with van der Waals surface area (Å²) in [4.78, 5) is 10.6. The Balaban J connectivity index is 1.50. The number of benzene rings is 1. The van der Waals surface area contributed by atoms with E-state index >= 15 is 0 Å². The lowest BCUT2D eigenvalue weighted by Gasteiger charge is -2.26. The number of nitrogens with zero attached hydrogens (tertiary/aromatic N) is 3. The van der Waals surface area contributed by atoms with Crippen molar-refractivity contribution in [3.8, 4) is 11.5 Å². The minimum atomic E-state index is -3.80. The summed E-state index contributed by atoms with van der Waals surface area (Å²) in [6.07, 6.45) is 3.67. The third-order valence-corrected chi connectivity index (χ3v) is 5.59. The number of hydrogen-bond donors (Lipinski definition) is 1. The van der Waals surface area contributed by atoms with Crippen LogP contribution in [0.3, 0.4) is 0 Å². The molecule has 0 aliphatic carbocycles. The minimum absolute atomic E-state index is 0.0870. The second kappa shape index (κ2) is 7.57. The van der Waals surface area contributed by atoms with Gasteiger partial charge in [-0.2, -0.15) is 0 Å². The number of hydrogen-bond acceptors (Lipinski definition) is 8. The molecule has 2 aliphatic heterocycles. The number of sulfonamides is 1. The van der Waals surface area contributed by atoms with Crippen molar-refractivity contribution in [2.45, 2.75) is 11.3 Å². The van der Waals surface area contributed by atoms with Crippen LogP contribution in [0.25, 0.3) is 0 Å². The number of rotatable bonds is 4. The van der Waals surface area contributed by atoms with Crippen molar-refractivity contribution in [3.63, 3.8) is 0 Å². The Morgan fingerprint density at radius 3 is 2.41 bits per heavy atom. The van der Waals surface area contributed by atoms with Crippen molar-refractivity contribution in [1.29, 1.82) is 0 Å². The Morgan fingerprint density at radius 2 is 1.67 bits per heavy atom. The molecule has 27 heavy (non-hydrogen) atoms. The molecule has 1 fully saturated rings. The Morgan fingerprint density at radius 1 is 0.963 bits per heavy atom. The molecule has 4 rings (SSSR count). The third-order valence-electron chi connectivity index (χ3n) is 4.21. The smallest absolute Gasteiger partial charge is 0.262 e. The van der Waals surface area contributed by atoms with Gasteiger partial charge in [0.1, 0.15) is 0 Å². The first-order chi connectivity index (χ1) is 13.1. The maximum absolute atomic E-state index is 12.7. The highest BCUT2D eigenvalue weighted by atomic mass is 32.2. The Kier molecular flexibility index (Phi) is 4.99. The first-order valence-electron chi connectivity index (χ1n) is 8.69. The van der Waals surface area contributed by atoms with Crippen LogP contribution in [0.1, 0.15) is 6.42 Å². The summed E-state index contributed by atoms with van der Waals surface area (Å²) in [5, 5.41) is 0. The number of aromatic nitrogens is 2. The maximum atomic E-state index is 12.7. The van der Waals surface area contributed by atoms with Crippen LogP contribution in [0.15, 0.2) is 35.5 Å². The average molecular weight is 392 g/mol. The third kappa shape index (κ3) is 4.06. The molecule has 1 aromatic heterocycles. The van der Waals surface area contributed by atoms with Gasteiger partial charge in [-0.3, -0.25) is 4.72 Å². The van der Waals surface area contributed by atoms with E-state index in [1.165, 1.54) is 24.5 Å². The first kappa shape index (κ1) is 17.8. The standard InChI is InChI=1S/C17H20N4O5S/c22-27(23,14-2-3-15-16(10-14)26-7-1-6-25-15)20-13-11-18-17(19-12-13)21-4-8-24-9-5-21/h2-3,10-12,20H,1,4-9H2. The monoisotopic (exact) mass is 392 g/mol. The lowest BCUT2D eigenvalue weighted by atomic mass is 10.3. The molecule has 144 valence electrons. The van der Waals surface area contributed by atoms with Crippen molar-refractivity contribution < 1.29 is 22.6 Å². The zero-order valence-electron chi connectivity index (χ0n) is 14.6. The summed E-state index contributed by atoms with van der Waals surface area (Å²) in [6, 6.07) is 4.55. The van der Waals surface area contributed by atoms with Gasteiger partial charge >= 0.3 is 0 Å². The van der Waals surface area contributed by atoms with E-state index in [9.17, 15) is 8.42 Å². The molecule has 10 heteroatoms. The maximum Gasteiger partial charge on any atom is 0.262 e. The highest BCUT2D eigenvalue weighted by Gasteiger charge is 2.20. The molecule has 0 unspecified atom stereocenters. The molecule has 0 bridgehead atoms. The highest BCUT2D eigenvalue weighted by molar-refractivity contribution is 7.92. The summed E-state index contributed by atoms with van der Waals surface area (Å²) in [5.74, 6) is 1.52. The largest absolute Gasteiger partial charge is 0.490 e. The van der Waals surface area contributed by atoms with Crippen LogP contribution < -0.4 is 19.1 Å². The van der Waals surface area contributed by atoms with E-state index in [-0.39, 0.29) is 4.90 Å². The van der Waals surface area contributed by atoms with Gasteiger partial charge in [0, 0.05) is 25.6 Å². The molecule has 2 aromatic rings.